The van der Waals surface area contributed by atoms with E-state index < -0.39 is 22.7 Å². The van der Waals surface area contributed by atoms with Crippen molar-refractivity contribution >= 4 is 21.7 Å². The van der Waals surface area contributed by atoms with E-state index in [4.69, 9.17) is 4.74 Å². The van der Waals surface area contributed by atoms with E-state index in [2.05, 4.69) is 45.0 Å². The number of ether oxygens (including phenoxy) is 1. The van der Waals surface area contributed by atoms with Gasteiger partial charge < -0.3 is 14.9 Å². The molecular formula is C25H26BrFN6O3. The summed E-state index contributed by atoms with van der Waals surface area (Å²) in [5.41, 5.74) is 3.85. The van der Waals surface area contributed by atoms with Crippen LogP contribution in [-0.2, 0) is 20.0 Å². The number of rotatable bonds is 9. The number of benzene rings is 1. The van der Waals surface area contributed by atoms with Gasteiger partial charge >= 0.3 is 5.82 Å². The van der Waals surface area contributed by atoms with Crippen LogP contribution in [0.25, 0.3) is 11.3 Å². The fourth-order valence-corrected chi connectivity index (χ4v) is 4.37. The SMILES string of the molecule is CC(C)Cn1cc(Cc2cn(C)nc2-c2ccc(F)cc2[C@@H](C)Oc2cc(Br)cnc2[N+](=O)[O-])cn1. The van der Waals surface area contributed by atoms with E-state index in [1.807, 2.05) is 30.3 Å². The van der Waals surface area contributed by atoms with Crippen molar-refractivity contribution in [3.63, 3.8) is 0 Å². The number of hydrogen-bond donors (Lipinski definition) is 0. The zero-order valence-electron chi connectivity index (χ0n) is 20.4. The lowest BCUT2D eigenvalue weighted by Crippen LogP contribution is -2.08. The van der Waals surface area contributed by atoms with Gasteiger partial charge in [0, 0.05) is 55.2 Å². The van der Waals surface area contributed by atoms with E-state index in [9.17, 15) is 14.5 Å². The maximum absolute atomic E-state index is 14.4. The number of aryl methyl sites for hydroxylation is 1. The monoisotopic (exact) mass is 556 g/mol. The fraction of sp³-hybridized carbons (Fsp3) is 0.320. The smallest absolute Gasteiger partial charge is 0.406 e. The van der Waals surface area contributed by atoms with Crippen molar-refractivity contribution in [2.24, 2.45) is 13.0 Å². The minimum atomic E-state index is -0.728. The summed E-state index contributed by atoms with van der Waals surface area (Å²) in [6.07, 6.45) is 6.98. The van der Waals surface area contributed by atoms with Crippen LogP contribution in [0.2, 0.25) is 0 Å². The zero-order chi connectivity index (χ0) is 26.0. The van der Waals surface area contributed by atoms with Crippen LogP contribution in [0.3, 0.4) is 0 Å². The summed E-state index contributed by atoms with van der Waals surface area (Å²) < 4.78 is 24.5. The molecule has 3 aromatic heterocycles. The second-order valence-electron chi connectivity index (χ2n) is 9.04. The van der Waals surface area contributed by atoms with Crippen molar-refractivity contribution in [2.75, 3.05) is 0 Å². The highest BCUT2D eigenvalue weighted by molar-refractivity contribution is 9.10. The van der Waals surface area contributed by atoms with Crippen LogP contribution in [0, 0.1) is 21.8 Å². The average Bonchev–Trinajstić information content (AvgIpc) is 3.38. The summed E-state index contributed by atoms with van der Waals surface area (Å²) in [4.78, 5) is 14.7. The Labute approximate surface area is 216 Å². The molecule has 0 saturated carbocycles. The molecule has 0 fully saturated rings. The Balaban J connectivity index is 1.69. The molecule has 0 aliphatic heterocycles. The third-order valence-corrected chi connectivity index (χ3v) is 5.95. The predicted molar refractivity (Wildman–Crippen MR) is 136 cm³/mol. The van der Waals surface area contributed by atoms with Crippen molar-refractivity contribution < 1.29 is 14.1 Å². The Morgan fingerprint density at radius 2 is 1.97 bits per heavy atom. The lowest BCUT2D eigenvalue weighted by molar-refractivity contribution is -0.390. The minimum absolute atomic E-state index is 0.0177. The number of pyridine rings is 1. The van der Waals surface area contributed by atoms with Crippen LogP contribution in [0.1, 0.15) is 43.6 Å². The molecule has 1 aromatic carbocycles. The summed E-state index contributed by atoms with van der Waals surface area (Å²) >= 11 is 3.27. The molecule has 0 saturated heterocycles. The van der Waals surface area contributed by atoms with Crippen LogP contribution >= 0.6 is 15.9 Å². The molecule has 0 unspecified atom stereocenters. The van der Waals surface area contributed by atoms with Crippen molar-refractivity contribution in [2.45, 2.75) is 39.8 Å². The Bertz CT molecular complexity index is 1400. The molecule has 0 aliphatic carbocycles. The molecule has 0 aliphatic rings. The molecule has 11 heteroatoms. The third-order valence-electron chi connectivity index (χ3n) is 5.52. The highest BCUT2D eigenvalue weighted by Gasteiger charge is 2.24. The van der Waals surface area contributed by atoms with E-state index in [0.29, 0.717) is 33.6 Å². The van der Waals surface area contributed by atoms with E-state index in [0.717, 1.165) is 17.7 Å². The Morgan fingerprint density at radius 3 is 2.69 bits per heavy atom. The molecule has 0 bridgehead atoms. The second kappa shape index (κ2) is 10.6. The van der Waals surface area contributed by atoms with Crippen LogP contribution in [0.4, 0.5) is 10.2 Å². The van der Waals surface area contributed by atoms with Crippen LogP contribution < -0.4 is 4.74 Å². The quantitative estimate of drug-likeness (QED) is 0.188. The predicted octanol–water partition coefficient (Wildman–Crippen LogP) is 5.88. The molecular weight excluding hydrogens is 531 g/mol. The molecule has 0 N–H and O–H groups in total. The second-order valence-corrected chi connectivity index (χ2v) is 9.96. The molecule has 3 heterocycles. The summed E-state index contributed by atoms with van der Waals surface area (Å²) in [6, 6.07) is 5.87. The molecule has 4 aromatic rings. The van der Waals surface area contributed by atoms with Crippen LogP contribution in [0.5, 0.6) is 5.75 Å². The van der Waals surface area contributed by atoms with Gasteiger partial charge in [-0.3, -0.25) is 9.36 Å². The van der Waals surface area contributed by atoms with Gasteiger partial charge in [-0.05, 0) is 62.4 Å². The average molecular weight is 557 g/mol. The summed E-state index contributed by atoms with van der Waals surface area (Å²) in [5, 5.41) is 20.5. The van der Waals surface area contributed by atoms with Crippen molar-refractivity contribution in [3.05, 3.63) is 86.1 Å². The number of aromatic nitrogens is 5. The first-order chi connectivity index (χ1) is 17.1. The standard InChI is InChI=1S/C25H26BrFN6O3/c1-15(2)12-32-13-17(10-29-32)7-18-14-31(4)30-24(18)21-6-5-20(27)9-22(21)16(3)36-23-8-19(26)11-28-25(23)33(34)35/h5-6,8-11,13-16H,7,12H2,1-4H3/t16-/m1/s1. The number of hydrogen-bond acceptors (Lipinski definition) is 6. The van der Waals surface area contributed by atoms with Crippen LogP contribution in [0.15, 0.2) is 53.5 Å². The van der Waals surface area contributed by atoms with E-state index in [1.165, 1.54) is 24.4 Å². The lowest BCUT2D eigenvalue weighted by atomic mass is 9.96. The molecule has 0 spiro atoms. The molecule has 0 amide bonds. The van der Waals surface area contributed by atoms with Gasteiger partial charge in [0.25, 0.3) is 0 Å². The van der Waals surface area contributed by atoms with E-state index in [1.54, 1.807) is 17.7 Å². The zero-order valence-corrected chi connectivity index (χ0v) is 21.9. The molecule has 36 heavy (non-hydrogen) atoms. The maximum Gasteiger partial charge on any atom is 0.406 e. The summed E-state index contributed by atoms with van der Waals surface area (Å²) in [5.74, 6) is -0.402. The first-order valence-corrected chi connectivity index (χ1v) is 12.2. The van der Waals surface area contributed by atoms with Gasteiger partial charge in [-0.2, -0.15) is 10.2 Å². The molecule has 1 atom stereocenters. The molecule has 0 radical (unpaired) electrons. The van der Waals surface area contributed by atoms with Gasteiger partial charge in [-0.1, -0.05) is 13.8 Å². The van der Waals surface area contributed by atoms with Gasteiger partial charge in [-0.25, -0.2) is 4.39 Å². The molecule has 9 nitrogen and oxygen atoms in total. The minimum Gasteiger partial charge on any atom is -0.478 e. The molecule has 4 rings (SSSR count). The van der Waals surface area contributed by atoms with Gasteiger partial charge in [0.2, 0.25) is 5.75 Å². The Morgan fingerprint density at radius 1 is 1.19 bits per heavy atom. The summed E-state index contributed by atoms with van der Waals surface area (Å²) in [6.45, 7) is 6.81. The van der Waals surface area contributed by atoms with Gasteiger partial charge in [0.1, 0.15) is 11.9 Å². The number of halogens is 2. The van der Waals surface area contributed by atoms with Crippen molar-refractivity contribution in [1.29, 1.82) is 0 Å². The molecule has 188 valence electrons. The van der Waals surface area contributed by atoms with Gasteiger partial charge in [0.05, 0.1) is 16.4 Å². The van der Waals surface area contributed by atoms with E-state index >= 15 is 0 Å². The van der Waals surface area contributed by atoms with Gasteiger partial charge in [0.15, 0.2) is 6.20 Å². The van der Waals surface area contributed by atoms with Crippen molar-refractivity contribution in [3.8, 4) is 17.0 Å². The fourth-order valence-electron chi connectivity index (χ4n) is 4.06. The van der Waals surface area contributed by atoms with Crippen LogP contribution in [-0.4, -0.2) is 29.5 Å². The lowest BCUT2D eigenvalue weighted by Gasteiger charge is -2.18. The third kappa shape index (κ3) is 5.78. The first-order valence-electron chi connectivity index (χ1n) is 11.4. The topological polar surface area (TPSA) is 101 Å². The number of nitrogens with zero attached hydrogens (tertiary/aromatic N) is 6. The Kier molecular flexibility index (Phi) is 7.48. The highest BCUT2D eigenvalue weighted by Crippen LogP contribution is 2.36. The summed E-state index contributed by atoms with van der Waals surface area (Å²) in [7, 11) is 1.83. The number of nitro groups is 1. The van der Waals surface area contributed by atoms with Gasteiger partial charge in [-0.15, -0.1) is 0 Å². The maximum atomic E-state index is 14.4. The van der Waals surface area contributed by atoms with E-state index in [-0.39, 0.29) is 5.75 Å². The highest BCUT2D eigenvalue weighted by atomic mass is 79.9. The first kappa shape index (κ1) is 25.5. The normalized spacial score (nSPS) is 12.2. The Hall–Kier alpha value is -3.60. The van der Waals surface area contributed by atoms with Crippen molar-refractivity contribution in [1.82, 2.24) is 24.5 Å². The largest absolute Gasteiger partial charge is 0.478 e.